The van der Waals surface area contributed by atoms with Crippen molar-refractivity contribution in [2.75, 3.05) is 0 Å². The fourth-order valence-electron chi connectivity index (χ4n) is 1.63. The lowest BCUT2D eigenvalue weighted by atomic mass is 10.0. The van der Waals surface area contributed by atoms with E-state index < -0.39 is 5.82 Å². The predicted octanol–water partition coefficient (Wildman–Crippen LogP) is 4.35. The number of hydrogen-bond acceptors (Lipinski definition) is 1. The quantitative estimate of drug-likeness (QED) is 0.722. The second-order valence-corrected chi connectivity index (χ2v) is 4.20. The van der Waals surface area contributed by atoms with Gasteiger partial charge in [-0.3, -0.25) is 4.79 Å². The third-order valence-electron chi connectivity index (χ3n) is 2.51. The Kier molecular flexibility index (Phi) is 3.25. The summed E-state index contributed by atoms with van der Waals surface area (Å²) >= 11 is 5.69. The van der Waals surface area contributed by atoms with E-state index in [2.05, 4.69) is 0 Å². The molecular formula is C14H10ClFO. The number of Topliss-reactive ketones (excluding diaryl/α,β-unsaturated/α-hetero) is 1. The molecule has 0 N–H and O–H groups in total. The molecule has 0 saturated heterocycles. The van der Waals surface area contributed by atoms with Gasteiger partial charge < -0.3 is 0 Å². The van der Waals surface area contributed by atoms with Crippen molar-refractivity contribution in [1.29, 1.82) is 0 Å². The zero-order valence-electron chi connectivity index (χ0n) is 9.21. The first-order chi connectivity index (χ1) is 8.08. The number of benzene rings is 2. The van der Waals surface area contributed by atoms with Crippen LogP contribution in [0.3, 0.4) is 0 Å². The molecule has 0 aliphatic carbocycles. The van der Waals surface area contributed by atoms with Gasteiger partial charge >= 0.3 is 0 Å². The SMILES string of the molecule is CC(=O)c1cccc(-c2ccc(Cl)cc2F)c1. The topological polar surface area (TPSA) is 17.1 Å². The summed E-state index contributed by atoms with van der Waals surface area (Å²) in [6, 6.07) is 11.4. The molecule has 2 rings (SSSR count). The smallest absolute Gasteiger partial charge is 0.159 e. The molecule has 0 heterocycles. The zero-order valence-corrected chi connectivity index (χ0v) is 9.96. The lowest BCUT2D eigenvalue weighted by Gasteiger charge is -2.05. The Morgan fingerprint density at radius 3 is 2.59 bits per heavy atom. The molecule has 2 aromatic carbocycles. The summed E-state index contributed by atoms with van der Waals surface area (Å²) in [5.41, 5.74) is 1.68. The van der Waals surface area contributed by atoms with E-state index in [0.29, 0.717) is 21.7 Å². The van der Waals surface area contributed by atoms with Crippen LogP contribution in [-0.4, -0.2) is 5.78 Å². The summed E-state index contributed by atoms with van der Waals surface area (Å²) in [5.74, 6) is -0.431. The van der Waals surface area contributed by atoms with E-state index in [1.54, 1.807) is 36.4 Å². The molecule has 0 atom stereocenters. The summed E-state index contributed by atoms with van der Waals surface area (Å²) in [4.78, 5) is 11.3. The average Bonchev–Trinajstić information content (AvgIpc) is 2.29. The first-order valence-corrected chi connectivity index (χ1v) is 5.52. The Morgan fingerprint density at radius 2 is 1.94 bits per heavy atom. The molecule has 0 amide bonds. The molecule has 3 heteroatoms. The zero-order chi connectivity index (χ0) is 12.4. The molecule has 0 aliphatic rings. The maximum absolute atomic E-state index is 13.7. The Morgan fingerprint density at radius 1 is 1.18 bits per heavy atom. The Bertz CT molecular complexity index is 578. The van der Waals surface area contributed by atoms with Gasteiger partial charge in [0, 0.05) is 16.1 Å². The largest absolute Gasteiger partial charge is 0.295 e. The fraction of sp³-hybridized carbons (Fsp3) is 0.0714. The van der Waals surface area contributed by atoms with Crippen LogP contribution in [0.1, 0.15) is 17.3 Å². The van der Waals surface area contributed by atoms with Crippen LogP contribution in [0.5, 0.6) is 0 Å². The van der Waals surface area contributed by atoms with Gasteiger partial charge in [-0.15, -0.1) is 0 Å². The van der Waals surface area contributed by atoms with Crippen LogP contribution in [0.25, 0.3) is 11.1 Å². The van der Waals surface area contributed by atoms with Gasteiger partial charge in [0.2, 0.25) is 0 Å². The highest BCUT2D eigenvalue weighted by Crippen LogP contribution is 2.26. The number of carbonyl (C=O) groups excluding carboxylic acids is 1. The van der Waals surface area contributed by atoms with Gasteiger partial charge in [-0.05, 0) is 36.8 Å². The Labute approximate surface area is 104 Å². The predicted molar refractivity (Wildman–Crippen MR) is 66.9 cm³/mol. The van der Waals surface area contributed by atoms with Gasteiger partial charge in [-0.1, -0.05) is 29.8 Å². The van der Waals surface area contributed by atoms with E-state index in [-0.39, 0.29) is 5.78 Å². The van der Waals surface area contributed by atoms with Gasteiger partial charge in [0.15, 0.2) is 5.78 Å². The number of carbonyl (C=O) groups is 1. The van der Waals surface area contributed by atoms with Crippen molar-refractivity contribution in [1.82, 2.24) is 0 Å². The first kappa shape index (κ1) is 11.8. The van der Waals surface area contributed by atoms with Gasteiger partial charge in [0.25, 0.3) is 0 Å². The average molecular weight is 249 g/mol. The van der Waals surface area contributed by atoms with Gasteiger partial charge in [0.1, 0.15) is 5.82 Å². The lowest BCUT2D eigenvalue weighted by molar-refractivity contribution is 0.101. The van der Waals surface area contributed by atoms with Gasteiger partial charge in [0.05, 0.1) is 0 Å². The molecule has 17 heavy (non-hydrogen) atoms. The van der Waals surface area contributed by atoms with Gasteiger partial charge in [-0.2, -0.15) is 0 Å². The van der Waals surface area contributed by atoms with Crippen LogP contribution in [0.15, 0.2) is 42.5 Å². The fourth-order valence-corrected chi connectivity index (χ4v) is 1.79. The lowest BCUT2D eigenvalue weighted by Crippen LogP contribution is -1.92. The van der Waals surface area contributed by atoms with Gasteiger partial charge in [-0.25, -0.2) is 4.39 Å². The summed E-state index contributed by atoms with van der Waals surface area (Å²) in [6.45, 7) is 1.48. The summed E-state index contributed by atoms with van der Waals surface area (Å²) in [5, 5.41) is 0.356. The molecular weight excluding hydrogens is 239 g/mol. The highest BCUT2D eigenvalue weighted by atomic mass is 35.5. The highest BCUT2D eigenvalue weighted by molar-refractivity contribution is 6.30. The second kappa shape index (κ2) is 4.68. The number of rotatable bonds is 2. The number of hydrogen-bond donors (Lipinski definition) is 0. The third kappa shape index (κ3) is 2.53. The van der Waals surface area contributed by atoms with Crippen molar-refractivity contribution in [2.24, 2.45) is 0 Å². The maximum atomic E-state index is 13.7. The molecule has 0 radical (unpaired) electrons. The molecule has 0 spiro atoms. The molecule has 0 unspecified atom stereocenters. The Hall–Kier alpha value is -1.67. The van der Waals surface area contributed by atoms with Crippen molar-refractivity contribution in [2.45, 2.75) is 6.92 Å². The Balaban J connectivity index is 2.53. The van der Waals surface area contributed by atoms with Crippen LogP contribution in [0.4, 0.5) is 4.39 Å². The molecule has 0 aromatic heterocycles. The number of halogens is 2. The third-order valence-corrected chi connectivity index (χ3v) is 2.75. The minimum atomic E-state index is -0.391. The second-order valence-electron chi connectivity index (χ2n) is 3.76. The molecule has 0 bridgehead atoms. The maximum Gasteiger partial charge on any atom is 0.159 e. The van der Waals surface area contributed by atoms with E-state index in [1.807, 2.05) is 0 Å². The van der Waals surface area contributed by atoms with Crippen molar-refractivity contribution >= 4 is 17.4 Å². The van der Waals surface area contributed by atoms with Crippen molar-refractivity contribution in [3.05, 3.63) is 58.9 Å². The summed E-state index contributed by atoms with van der Waals surface area (Å²) in [6.07, 6.45) is 0. The first-order valence-electron chi connectivity index (χ1n) is 5.14. The normalized spacial score (nSPS) is 10.3. The van der Waals surface area contributed by atoms with Crippen molar-refractivity contribution < 1.29 is 9.18 Å². The van der Waals surface area contributed by atoms with Crippen LogP contribution >= 0.6 is 11.6 Å². The van der Waals surface area contributed by atoms with E-state index >= 15 is 0 Å². The molecule has 0 fully saturated rings. The molecule has 86 valence electrons. The van der Waals surface area contributed by atoms with E-state index in [0.717, 1.165) is 0 Å². The van der Waals surface area contributed by atoms with Crippen LogP contribution in [0.2, 0.25) is 5.02 Å². The van der Waals surface area contributed by atoms with Crippen molar-refractivity contribution in [3.8, 4) is 11.1 Å². The van der Waals surface area contributed by atoms with Crippen LogP contribution in [-0.2, 0) is 0 Å². The minimum Gasteiger partial charge on any atom is -0.295 e. The van der Waals surface area contributed by atoms with E-state index in [4.69, 9.17) is 11.6 Å². The van der Waals surface area contributed by atoms with E-state index in [1.165, 1.54) is 13.0 Å². The monoisotopic (exact) mass is 248 g/mol. The standard InChI is InChI=1S/C14H10ClFO/c1-9(17)10-3-2-4-11(7-10)13-6-5-12(15)8-14(13)16/h2-8H,1H3. The van der Waals surface area contributed by atoms with Crippen molar-refractivity contribution in [3.63, 3.8) is 0 Å². The minimum absolute atomic E-state index is 0.0405. The van der Waals surface area contributed by atoms with Crippen LogP contribution < -0.4 is 0 Å². The summed E-state index contributed by atoms with van der Waals surface area (Å²) < 4.78 is 13.7. The molecule has 2 aromatic rings. The number of ketones is 1. The van der Waals surface area contributed by atoms with Crippen LogP contribution in [0, 0.1) is 5.82 Å². The summed E-state index contributed by atoms with van der Waals surface area (Å²) in [7, 11) is 0. The molecule has 1 nitrogen and oxygen atoms in total. The molecule has 0 saturated carbocycles. The van der Waals surface area contributed by atoms with E-state index in [9.17, 15) is 9.18 Å². The highest BCUT2D eigenvalue weighted by Gasteiger charge is 2.07. The molecule has 0 aliphatic heterocycles.